The van der Waals surface area contributed by atoms with Gasteiger partial charge in [-0.1, -0.05) is 27.7 Å². The molecule has 7 nitrogen and oxygen atoms in total. The van der Waals surface area contributed by atoms with Crippen molar-refractivity contribution in [2.24, 2.45) is 11.7 Å². The van der Waals surface area contributed by atoms with E-state index in [0.29, 0.717) is 12.2 Å². The van der Waals surface area contributed by atoms with Crippen molar-refractivity contribution >= 4 is 17.5 Å². The van der Waals surface area contributed by atoms with Crippen LogP contribution in [0.3, 0.4) is 0 Å². The third kappa shape index (κ3) is 3.72. The molecule has 0 aliphatic carbocycles. The van der Waals surface area contributed by atoms with Crippen molar-refractivity contribution in [3.05, 3.63) is 11.4 Å². The molecule has 0 saturated carbocycles. The number of carbonyl (C=O) groups excluding carboxylic acids is 2. The summed E-state index contributed by atoms with van der Waals surface area (Å²) in [5.41, 5.74) is 12.3. The lowest BCUT2D eigenvalue weighted by atomic mass is 10.1. The normalized spacial score (nSPS) is 11.1. The van der Waals surface area contributed by atoms with E-state index in [4.69, 9.17) is 11.5 Å². The summed E-state index contributed by atoms with van der Waals surface area (Å²) in [6.07, 6.45) is 0. The van der Waals surface area contributed by atoms with E-state index in [1.807, 2.05) is 27.7 Å². The summed E-state index contributed by atoms with van der Waals surface area (Å²) in [4.78, 5) is 24.9. The summed E-state index contributed by atoms with van der Waals surface area (Å²) in [6.45, 7) is 8.09. The number of aromatic amines is 1. The van der Waals surface area contributed by atoms with Gasteiger partial charge in [0.25, 0.3) is 5.91 Å². The zero-order valence-corrected chi connectivity index (χ0v) is 12.4. The zero-order valence-electron chi connectivity index (χ0n) is 12.4. The second kappa shape index (κ2) is 6.40. The molecule has 2 amide bonds. The van der Waals surface area contributed by atoms with E-state index in [1.54, 1.807) is 0 Å². The number of rotatable bonds is 6. The van der Waals surface area contributed by atoms with Gasteiger partial charge in [-0.05, 0) is 11.8 Å². The number of nitrogens with one attached hydrogen (secondary N) is 1. The van der Waals surface area contributed by atoms with E-state index in [9.17, 15) is 9.59 Å². The minimum Gasteiger partial charge on any atom is -0.395 e. The molecule has 0 fully saturated rings. The quantitative estimate of drug-likeness (QED) is 0.711. The van der Waals surface area contributed by atoms with E-state index in [-0.39, 0.29) is 30.0 Å². The molecule has 0 aliphatic heterocycles. The van der Waals surface area contributed by atoms with Gasteiger partial charge in [0, 0.05) is 6.54 Å². The third-order valence-corrected chi connectivity index (χ3v) is 2.83. The van der Waals surface area contributed by atoms with Crippen molar-refractivity contribution in [2.45, 2.75) is 33.6 Å². The Bertz CT molecular complexity index is 493. The summed E-state index contributed by atoms with van der Waals surface area (Å²) in [5, 5.41) is 6.76. The lowest BCUT2D eigenvalue weighted by Crippen LogP contribution is -2.41. The van der Waals surface area contributed by atoms with Crippen LogP contribution in [0.25, 0.3) is 0 Å². The van der Waals surface area contributed by atoms with Gasteiger partial charge in [0.2, 0.25) is 5.91 Å². The molecule has 0 atom stereocenters. The first-order valence-electron chi connectivity index (χ1n) is 6.65. The van der Waals surface area contributed by atoms with Gasteiger partial charge in [-0.3, -0.25) is 14.7 Å². The van der Waals surface area contributed by atoms with Crippen molar-refractivity contribution in [3.8, 4) is 0 Å². The standard InChI is InChI=1S/C13H23N5O2/c1-7(2)5-18(6-9(14)19)13(20)12-10(15)11(8(3)4)16-17-12/h7-8H,5-6,15H2,1-4H3,(H2,14,19)(H,16,17). The van der Waals surface area contributed by atoms with E-state index < -0.39 is 5.91 Å². The largest absolute Gasteiger partial charge is 0.395 e. The molecule has 112 valence electrons. The third-order valence-electron chi connectivity index (χ3n) is 2.83. The van der Waals surface area contributed by atoms with Gasteiger partial charge >= 0.3 is 0 Å². The summed E-state index contributed by atoms with van der Waals surface area (Å²) < 4.78 is 0. The fourth-order valence-corrected chi connectivity index (χ4v) is 1.97. The molecule has 1 aromatic rings. The number of primary amides is 1. The van der Waals surface area contributed by atoms with E-state index in [1.165, 1.54) is 4.90 Å². The molecule has 0 saturated heterocycles. The second-order valence-electron chi connectivity index (χ2n) is 5.60. The Morgan fingerprint density at radius 3 is 2.30 bits per heavy atom. The molecule has 0 aliphatic rings. The SMILES string of the molecule is CC(C)CN(CC(N)=O)C(=O)c1n[nH]c(C(C)C)c1N. The number of hydrogen-bond acceptors (Lipinski definition) is 4. The van der Waals surface area contributed by atoms with Crippen molar-refractivity contribution in [2.75, 3.05) is 18.8 Å². The number of amides is 2. The number of hydrogen-bond donors (Lipinski definition) is 3. The minimum absolute atomic E-state index is 0.138. The van der Waals surface area contributed by atoms with E-state index in [0.717, 1.165) is 5.69 Å². The fourth-order valence-electron chi connectivity index (χ4n) is 1.97. The number of nitrogen functional groups attached to an aromatic ring is 1. The van der Waals surface area contributed by atoms with Gasteiger partial charge in [0.05, 0.1) is 17.9 Å². The molecule has 0 spiro atoms. The maximum Gasteiger partial charge on any atom is 0.276 e. The Morgan fingerprint density at radius 1 is 1.30 bits per heavy atom. The summed E-state index contributed by atoms with van der Waals surface area (Å²) in [6, 6.07) is 0. The van der Waals surface area contributed by atoms with Crippen LogP contribution in [0.4, 0.5) is 5.69 Å². The molecule has 1 rings (SSSR count). The zero-order chi connectivity index (χ0) is 15.4. The number of aromatic nitrogens is 2. The molecule has 1 aromatic heterocycles. The first-order chi connectivity index (χ1) is 9.23. The van der Waals surface area contributed by atoms with E-state index >= 15 is 0 Å². The minimum atomic E-state index is -0.558. The summed E-state index contributed by atoms with van der Waals surface area (Å²) in [5.74, 6) is -0.586. The number of nitrogens with zero attached hydrogens (tertiary/aromatic N) is 2. The first kappa shape index (κ1) is 16.0. The second-order valence-corrected chi connectivity index (χ2v) is 5.60. The Labute approximate surface area is 118 Å². The molecule has 5 N–H and O–H groups in total. The maximum atomic E-state index is 12.4. The lowest BCUT2D eigenvalue weighted by Gasteiger charge is -2.22. The molecule has 0 bridgehead atoms. The Kier molecular flexibility index (Phi) is 5.12. The topological polar surface area (TPSA) is 118 Å². The van der Waals surface area contributed by atoms with Crippen LogP contribution in [-0.2, 0) is 4.79 Å². The van der Waals surface area contributed by atoms with Gasteiger partial charge in [0.15, 0.2) is 5.69 Å². The van der Waals surface area contributed by atoms with Crippen LogP contribution in [0.2, 0.25) is 0 Å². The van der Waals surface area contributed by atoms with Crippen molar-refractivity contribution in [1.29, 1.82) is 0 Å². The van der Waals surface area contributed by atoms with Gasteiger partial charge in [-0.15, -0.1) is 0 Å². The number of carbonyl (C=O) groups is 2. The Balaban J connectivity index is 3.02. The fraction of sp³-hybridized carbons (Fsp3) is 0.615. The predicted molar refractivity (Wildman–Crippen MR) is 77.0 cm³/mol. The van der Waals surface area contributed by atoms with Crippen molar-refractivity contribution in [1.82, 2.24) is 15.1 Å². The lowest BCUT2D eigenvalue weighted by molar-refractivity contribution is -0.118. The summed E-state index contributed by atoms with van der Waals surface area (Å²) >= 11 is 0. The van der Waals surface area contributed by atoms with Crippen LogP contribution in [0.5, 0.6) is 0 Å². The Hall–Kier alpha value is -2.05. The van der Waals surface area contributed by atoms with Crippen LogP contribution in [-0.4, -0.2) is 40.0 Å². The molecule has 20 heavy (non-hydrogen) atoms. The highest BCUT2D eigenvalue weighted by molar-refractivity contribution is 5.99. The van der Waals surface area contributed by atoms with Gasteiger partial charge in [-0.2, -0.15) is 5.10 Å². The van der Waals surface area contributed by atoms with Crippen molar-refractivity contribution < 1.29 is 9.59 Å². The van der Waals surface area contributed by atoms with Crippen LogP contribution in [0, 0.1) is 5.92 Å². The number of H-pyrrole nitrogens is 1. The van der Waals surface area contributed by atoms with Crippen LogP contribution in [0.1, 0.15) is 49.8 Å². The highest BCUT2D eigenvalue weighted by atomic mass is 16.2. The van der Waals surface area contributed by atoms with Crippen LogP contribution < -0.4 is 11.5 Å². The molecular weight excluding hydrogens is 258 g/mol. The van der Waals surface area contributed by atoms with Crippen molar-refractivity contribution in [3.63, 3.8) is 0 Å². The van der Waals surface area contributed by atoms with Gasteiger partial charge < -0.3 is 16.4 Å². The predicted octanol–water partition coefficient (Wildman–Crippen LogP) is 0.699. The Morgan fingerprint density at radius 2 is 1.90 bits per heavy atom. The average Bonchev–Trinajstić information content (AvgIpc) is 2.68. The van der Waals surface area contributed by atoms with Crippen LogP contribution in [0.15, 0.2) is 0 Å². The maximum absolute atomic E-state index is 12.4. The number of anilines is 1. The molecule has 7 heteroatoms. The van der Waals surface area contributed by atoms with Gasteiger partial charge in [-0.25, -0.2) is 0 Å². The first-order valence-corrected chi connectivity index (χ1v) is 6.65. The highest BCUT2D eigenvalue weighted by Gasteiger charge is 2.25. The monoisotopic (exact) mass is 281 g/mol. The molecule has 0 aromatic carbocycles. The smallest absolute Gasteiger partial charge is 0.276 e. The number of nitrogens with two attached hydrogens (primary N) is 2. The molecule has 0 unspecified atom stereocenters. The molecular formula is C13H23N5O2. The van der Waals surface area contributed by atoms with Gasteiger partial charge in [0.1, 0.15) is 0 Å². The molecule has 1 heterocycles. The van der Waals surface area contributed by atoms with E-state index in [2.05, 4.69) is 10.2 Å². The highest BCUT2D eigenvalue weighted by Crippen LogP contribution is 2.23. The summed E-state index contributed by atoms with van der Waals surface area (Å²) in [7, 11) is 0. The van der Waals surface area contributed by atoms with Crippen LogP contribution >= 0.6 is 0 Å². The average molecular weight is 281 g/mol. The molecule has 0 radical (unpaired) electrons.